The van der Waals surface area contributed by atoms with Crippen molar-refractivity contribution in [2.75, 3.05) is 6.61 Å². The molecule has 8 nitrogen and oxygen atoms in total. The Balaban J connectivity index is 1.30. The van der Waals surface area contributed by atoms with Gasteiger partial charge in [0.05, 0.1) is 12.7 Å². The average molecular weight is 480 g/mol. The maximum atomic E-state index is 12.3. The van der Waals surface area contributed by atoms with E-state index in [4.69, 9.17) is 4.74 Å². The summed E-state index contributed by atoms with van der Waals surface area (Å²) in [6.45, 7) is 2.16. The molecule has 0 radical (unpaired) electrons. The van der Waals surface area contributed by atoms with Gasteiger partial charge in [0.2, 0.25) is 0 Å². The molecule has 1 heterocycles. The normalized spacial score (nSPS) is 13.0. The zero-order valence-electron chi connectivity index (χ0n) is 18.6. The number of benzene rings is 2. The number of nitrogens with one attached hydrogen (secondary N) is 2. The van der Waals surface area contributed by atoms with Gasteiger partial charge in [-0.05, 0) is 28.7 Å². The summed E-state index contributed by atoms with van der Waals surface area (Å²) >= 11 is 1.09. The molecule has 2 amide bonds. The number of nitrogens with zero attached hydrogens (tertiary/aromatic N) is 1. The summed E-state index contributed by atoms with van der Waals surface area (Å²) < 4.78 is 5.50. The van der Waals surface area contributed by atoms with Crippen molar-refractivity contribution in [3.8, 4) is 11.1 Å². The van der Waals surface area contributed by atoms with Crippen LogP contribution >= 0.6 is 11.3 Å². The van der Waals surface area contributed by atoms with Crippen molar-refractivity contribution in [1.29, 1.82) is 0 Å². The third-order valence-electron chi connectivity index (χ3n) is 5.69. The molecule has 0 spiro atoms. The van der Waals surface area contributed by atoms with Crippen LogP contribution in [0, 0.1) is 0 Å². The predicted molar refractivity (Wildman–Crippen MR) is 128 cm³/mol. The summed E-state index contributed by atoms with van der Waals surface area (Å²) in [4.78, 5) is 40.3. The zero-order chi connectivity index (χ0) is 24.1. The molecular formula is C25H25N3O5S. The number of amides is 2. The number of aliphatic carboxylic acids is 1. The smallest absolute Gasteiger partial charge is 0.407 e. The number of fused-ring (bicyclic) bond motifs is 3. The molecule has 9 heteroatoms. The second kappa shape index (κ2) is 10.5. The molecule has 3 N–H and O–H groups in total. The molecule has 176 valence electrons. The Morgan fingerprint density at radius 1 is 1.09 bits per heavy atom. The van der Waals surface area contributed by atoms with E-state index in [0.29, 0.717) is 17.8 Å². The molecule has 0 aliphatic heterocycles. The highest BCUT2D eigenvalue weighted by atomic mass is 32.1. The highest BCUT2D eigenvalue weighted by Gasteiger charge is 2.29. The summed E-state index contributed by atoms with van der Waals surface area (Å²) in [5.74, 6) is -1.60. The van der Waals surface area contributed by atoms with E-state index < -0.39 is 24.0 Å². The third-order valence-corrected chi connectivity index (χ3v) is 6.68. The Bertz CT molecular complexity index is 1160. The Hall–Kier alpha value is -3.72. The van der Waals surface area contributed by atoms with Crippen LogP contribution in [0.1, 0.15) is 51.5 Å². The van der Waals surface area contributed by atoms with Gasteiger partial charge in [-0.1, -0.05) is 61.9 Å². The Labute approximate surface area is 201 Å². The van der Waals surface area contributed by atoms with Crippen LogP contribution in [0.3, 0.4) is 0 Å². The van der Waals surface area contributed by atoms with Gasteiger partial charge in [-0.25, -0.2) is 14.6 Å². The van der Waals surface area contributed by atoms with E-state index >= 15 is 0 Å². The van der Waals surface area contributed by atoms with Crippen molar-refractivity contribution in [1.82, 2.24) is 15.6 Å². The first kappa shape index (κ1) is 23.4. The minimum atomic E-state index is -1.07. The van der Waals surface area contributed by atoms with Gasteiger partial charge >= 0.3 is 12.1 Å². The van der Waals surface area contributed by atoms with Crippen molar-refractivity contribution in [3.63, 3.8) is 0 Å². The van der Waals surface area contributed by atoms with E-state index in [1.54, 1.807) is 0 Å². The van der Waals surface area contributed by atoms with Crippen molar-refractivity contribution < 1.29 is 24.2 Å². The third kappa shape index (κ3) is 5.09. The molecule has 0 saturated carbocycles. The Kier molecular flexibility index (Phi) is 7.22. The number of hydrogen-bond acceptors (Lipinski definition) is 6. The van der Waals surface area contributed by atoms with Crippen LogP contribution in [0.2, 0.25) is 0 Å². The number of hydrogen-bond donors (Lipinski definition) is 3. The Morgan fingerprint density at radius 2 is 1.74 bits per heavy atom. The first-order chi connectivity index (χ1) is 16.5. The van der Waals surface area contributed by atoms with Gasteiger partial charge in [-0.3, -0.25) is 4.79 Å². The summed E-state index contributed by atoms with van der Waals surface area (Å²) in [6, 6.07) is 15.3. The van der Waals surface area contributed by atoms with E-state index in [-0.39, 0.29) is 23.9 Å². The molecule has 0 unspecified atom stereocenters. The molecule has 3 aromatic rings. The number of rotatable bonds is 9. The van der Waals surface area contributed by atoms with Gasteiger partial charge in [-0.15, -0.1) is 11.3 Å². The van der Waals surface area contributed by atoms with Crippen LogP contribution < -0.4 is 10.6 Å². The van der Waals surface area contributed by atoms with Gasteiger partial charge in [0, 0.05) is 5.92 Å². The van der Waals surface area contributed by atoms with E-state index in [0.717, 1.165) is 33.6 Å². The fourth-order valence-corrected chi connectivity index (χ4v) is 4.83. The quantitative estimate of drug-likeness (QED) is 0.424. The van der Waals surface area contributed by atoms with Gasteiger partial charge in [-0.2, -0.15) is 0 Å². The van der Waals surface area contributed by atoms with Crippen LogP contribution in [0.4, 0.5) is 4.79 Å². The standard InChI is InChI=1S/C25H25N3O5S/c1-2-7-20(24(30)31)28-23(29)21-12-26-22(34-21)13-27-25(32)33-14-19-17-10-5-3-8-15(17)16-9-4-6-11-18(16)19/h3-6,8-12,19-20H,2,7,13-14H2,1H3,(H,27,32)(H,28,29)(H,30,31)/t20-/m1/s1. The first-order valence-electron chi connectivity index (χ1n) is 11.0. The minimum absolute atomic E-state index is 0.0291. The second-order valence-corrected chi connectivity index (χ2v) is 9.07. The lowest BCUT2D eigenvalue weighted by molar-refractivity contribution is -0.139. The maximum absolute atomic E-state index is 12.3. The molecular weight excluding hydrogens is 454 g/mol. The van der Waals surface area contributed by atoms with Crippen molar-refractivity contribution in [3.05, 3.63) is 75.7 Å². The lowest BCUT2D eigenvalue weighted by Gasteiger charge is -2.14. The highest BCUT2D eigenvalue weighted by molar-refractivity contribution is 7.13. The van der Waals surface area contributed by atoms with E-state index in [1.165, 1.54) is 6.20 Å². The summed E-state index contributed by atoms with van der Waals surface area (Å²) in [5.41, 5.74) is 4.58. The summed E-state index contributed by atoms with van der Waals surface area (Å²) in [5, 5.41) is 14.9. The number of ether oxygens (including phenoxy) is 1. The van der Waals surface area contributed by atoms with E-state index in [1.807, 2.05) is 31.2 Å². The van der Waals surface area contributed by atoms with Crippen molar-refractivity contribution >= 4 is 29.3 Å². The molecule has 1 aromatic heterocycles. The second-order valence-electron chi connectivity index (χ2n) is 7.95. The molecule has 34 heavy (non-hydrogen) atoms. The number of thiazole rings is 1. The molecule has 4 rings (SSSR count). The van der Waals surface area contributed by atoms with Crippen molar-refractivity contribution in [2.45, 2.75) is 38.3 Å². The fraction of sp³-hybridized carbons (Fsp3) is 0.280. The van der Waals surface area contributed by atoms with Crippen LogP contribution in [0.15, 0.2) is 54.7 Å². The monoisotopic (exact) mass is 479 g/mol. The Morgan fingerprint density at radius 3 is 2.35 bits per heavy atom. The summed E-state index contributed by atoms with van der Waals surface area (Å²) in [6.07, 6.45) is 1.78. The first-order valence-corrected chi connectivity index (χ1v) is 11.9. The molecule has 1 aliphatic rings. The fourth-order valence-electron chi connectivity index (χ4n) is 4.07. The van der Waals surface area contributed by atoms with Crippen LogP contribution in [-0.2, 0) is 16.1 Å². The molecule has 0 saturated heterocycles. The molecule has 0 bridgehead atoms. The highest BCUT2D eigenvalue weighted by Crippen LogP contribution is 2.44. The number of carbonyl (C=O) groups excluding carboxylic acids is 2. The molecule has 1 aliphatic carbocycles. The molecule has 2 aromatic carbocycles. The van der Waals surface area contributed by atoms with Crippen LogP contribution in [0.25, 0.3) is 11.1 Å². The van der Waals surface area contributed by atoms with E-state index in [2.05, 4.69) is 39.9 Å². The number of alkyl carbamates (subject to hydrolysis) is 1. The van der Waals surface area contributed by atoms with Gasteiger partial charge in [0.15, 0.2) is 0 Å². The number of carbonyl (C=O) groups is 3. The molecule has 1 atom stereocenters. The topological polar surface area (TPSA) is 118 Å². The lowest BCUT2D eigenvalue weighted by Crippen LogP contribution is -2.40. The lowest BCUT2D eigenvalue weighted by atomic mass is 9.98. The van der Waals surface area contributed by atoms with Gasteiger partial charge in [0.25, 0.3) is 5.91 Å². The SMILES string of the molecule is CCC[C@@H](NC(=O)c1cnc(CNC(=O)OCC2c3ccccc3-c3ccccc32)s1)C(=O)O. The van der Waals surface area contributed by atoms with E-state index in [9.17, 15) is 19.5 Å². The zero-order valence-corrected chi connectivity index (χ0v) is 19.4. The largest absolute Gasteiger partial charge is 0.480 e. The average Bonchev–Trinajstić information content (AvgIpc) is 3.44. The van der Waals surface area contributed by atoms with Crippen LogP contribution in [-0.4, -0.2) is 40.7 Å². The van der Waals surface area contributed by atoms with Crippen LogP contribution in [0.5, 0.6) is 0 Å². The summed E-state index contributed by atoms with van der Waals surface area (Å²) in [7, 11) is 0. The van der Waals surface area contributed by atoms with Gasteiger partial charge in [0.1, 0.15) is 22.5 Å². The maximum Gasteiger partial charge on any atom is 0.407 e. The molecule has 0 fully saturated rings. The number of carboxylic acids is 1. The minimum Gasteiger partial charge on any atom is -0.480 e. The predicted octanol–water partition coefficient (Wildman–Crippen LogP) is 4.16. The number of carboxylic acid groups (broad SMARTS) is 1. The van der Waals surface area contributed by atoms with Gasteiger partial charge < -0.3 is 20.5 Å². The number of aromatic nitrogens is 1. The van der Waals surface area contributed by atoms with Crippen molar-refractivity contribution in [2.24, 2.45) is 0 Å².